The molecule has 1 aromatic rings. The van der Waals surface area contributed by atoms with Gasteiger partial charge in [-0.1, -0.05) is 182 Å². The van der Waals surface area contributed by atoms with E-state index >= 15 is 0 Å². The van der Waals surface area contributed by atoms with Gasteiger partial charge in [-0.05, 0) is 77.4 Å². The lowest BCUT2D eigenvalue weighted by Crippen LogP contribution is -2.38. The highest BCUT2D eigenvalue weighted by Crippen LogP contribution is 2.17. The van der Waals surface area contributed by atoms with Crippen LogP contribution in [0.1, 0.15) is 252 Å². The van der Waals surface area contributed by atoms with Gasteiger partial charge in [0, 0.05) is 54.7 Å². The normalized spacial score (nSPS) is 11.6. The Kier molecular flexibility index (Phi) is 51.0. The number of nitrogens with one attached hydrogen (secondary N) is 2. The minimum absolute atomic E-state index is 0.225. The van der Waals surface area contributed by atoms with Crippen molar-refractivity contribution in [2.24, 2.45) is 14.1 Å². The summed E-state index contributed by atoms with van der Waals surface area (Å²) in [6.07, 6.45) is 46.4. The van der Waals surface area contributed by atoms with Gasteiger partial charge in [0.1, 0.15) is 23.9 Å². The van der Waals surface area contributed by atoms with Gasteiger partial charge in [0.2, 0.25) is 0 Å². The fourth-order valence-corrected chi connectivity index (χ4v) is 8.57. The topological polar surface area (TPSA) is 124 Å². The van der Waals surface area contributed by atoms with Crippen molar-refractivity contribution in [1.29, 1.82) is 0 Å². The van der Waals surface area contributed by atoms with Crippen molar-refractivity contribution in [1.82, 2.24) is 14.3 Å². The zero-order chi connectivity index (χ0) is 50.0. The predicted octanol–water partition coefficient (Wildman–Crippen LogP) is 14.0. The molecule has 11 heteroatoms. The Balaban J connectivity index is 0. The Morgan fingerprint density at radius 1 is 0.478 bits per heavy atom. The summed E-state index contributed by atoms with van der Waals surface area (Å²) in [5.74, 6) is 0. The van der Waals surface area contributed by atoms with Crippen molar-refractivity contribution in [3.8, 4) is 0 Å². The molecule has 0 saturated carbocycles. The predicted molar refractivity (Wildman–Crippen MR) is 289 cm³/mol. The van der Waals surface area contributed by atoms with Gasteiger partial charge in [-0.3, -0.25) is 9.59 Å². The van der Waals surface area contributed by atoms with Crippen LogP contribution in [-0.2, 0) is 33.2 Å². The molecule has 11 nitrogen and oxygen atoms in total. The molecule has 0 aliphatic rings. The van der Waals surface area contributed by atoms with E-state index in [0.29, 0.717) is 43.0 Å². The summed E-state index contributed by atoms with van der Waals surface area (Å²) in [5.41, 5.74) is 0.171. The van der Waals surface area contributed by atoms with Gasteiger partial charge in [0.15, 0.2) is 0 Å². The zero-order valence-corrected chi connectivity index (χ0v) is 45.7. The van der Waals surface area contributed by atoms with E-state index in [-0.39, 0.29) is 11.1 Å². The van der Waals surface area contributed by atoms with Crippen LogP contribution in [0.15, 0.2) is 9.59 Å². The highest BCUT2D eigenvalue weighted by Gasteiger charge is 2.15. The number of aromatic nitrogens is 2. The van der Waals surface area contributed by atoms with Crippen molar-refractivity contribution >= 4 is 23.9 Å². The Labute approximate surface area is 413 Å². The average Bonchev–Trinajstić information content (AvgIpc) is 3.34. The number of hydrogen-bond donors (Lipinski definition) is 2. The molecule has 0 fully saturated rings. The van der Waals surface area contributed by atoms with Crippen molar-refractivity contribution in [2.45, 2.75) is 265 Å². The van der Waals surface area contributed by atoms with E-state index in [0.717, 1.165) is 83.6 Å². The molecule has 0 saturated heterocycles. The fraction of sp³-hybridized carbons (Fsp3) is 0.893. The van der Waals surface area contributed by atoms with Gasteiger partial charge in [-0.15, -0.1) is 0 Å². The third-order valence-corrected chi connectivity index (χ3v) is 13.3. The Morgan fingerprint density at radius 3 is 1.19 bits per heavy atom. The second-order valence-corrected chi connectivity index (χ2v) is 19.0. The van der Waals surface area contributed by atoms with E-state index in [1.54, 1.807) is 21.1 Å². The van der Waals surface area contributed by atoms with Crippen LogP contribution < -0.4 is 21.8 Å². The first-order valence-corrected chi connectivity index (χ1v) is 28.0. The van der Waals surface area contributed by atoms with Crippen LogP contribution in [0.25, 0.3) is 0 Å². The lowest BCUT2D eigenvalue weighted by atomic mass is 10.0. The summed E-state index contributed by atoms with van der Waals surface area (Å²) < 4.78 is 13.6. The Hall–Kier alpha value is -2.50. The minimum atomic E-state index is -0.236. The van der Waals surface area contributed by atoms with E-state index in [2.05, 4.69) is 43.2 Å². The van der Waals surface area contributed by atoms with Crippen molar-refractivity contribution in [3.63, 3.8) is 0 Å². The highest BCUT2D eigenvalue weighted by atomic mass is 16.5. The molecule has 0 bridgehead atoms. The van der Waals surface area contributed by atoms with Crippen LogP contribution in [0.3, 0.4) is 0 Å². The van der Waals surface area contributed by atoms with E-state index < -0.39 is 0 Å². The second-order valence-electron chi connectivity index (χ2n) is 19.0. The first-order valence-electron chi connectivity index (χ1n) is 28.0. The van der Waals surface area contributed by atoms with Gasteiger partial charge >= 0.3 is 0 Å². The van der Waals surface area contributed by atoms with E-state index in [9.17, 15) is 19.2 Å². The number of methoxy groups -OCH3 is 2. The molecule has 0 aliphatic heterocycles. The Morgan fingerprint density at radius 2 is 0.821 bits per heavy atom. The van der Waals surface area contributed by atoms with Gasteiger partial charge in [-0.2, -0.15) is 0 Å². The Bertz CT molecular complexity index is 1290. The molecule has 2 N–H and O–H groups in total. The molecule has 0 aliphatic carbocycles. The van der Waals surface area contributed by atoms with Crippen LogP contribution in [0.4, 0.5) is 11.4 Å². The van der Waals surface area contributed by atoms with Crippen LogP contribution >= 0.6 is 0 Å². The number of carbonyl (C=O) groups excluding carboxylic acids is 2. The van der Waals surface area contributed by atoms with Crippen LogP contribution in [0, 0.1) is 0 Å². The number of unbranched alkanes of at least 4 members (excludes halogenated alkanes) is 25. The number of rotatable bonds is 46. The van der Waals surface area contributed by atoms with Gasteiger partial charge < -0.3 is 34.6 Å². The summed E-state index contributed by atoms with van der Waals surface area (Å²) in [6, 6.07) is 0. The standard InChI is InChI=1S/C26H47N5O4.C18H38O.C12H26O/c1-27-23-24(26(35)30(3)29(2)25(23)34)28-17-16-20-31(18-12-8-4-6-10-14-21-32)19-13-9-5-7-11-15-22-33;1-4-6-8-10-12-14-16-18(19-3)17-15-13-11-9-7-5-2;1-4-6-7-8-9-10-11-12(5-2)13-3/h21-22,27-28H,4-20H2,1-3H3;18H,4-17H2,1-3H3;12H,4-11H2,1-3H3. The summed E-state index contributed by atoms with van der Waals surface area (Å²) in [4.78, 5) is 48.5. The number of nitrogens with zero attached hydrogens (tertiary/aromatic N) is 3. The van der Waals surface area contributed by atoms with E-state index in [4.69, 9.17) is 9.47 Å². The van der Waals surface area contributed by atoms with Crippen molar-refractivity contribution < 1.29 is 19.1 Å². The maximum absolute atomic E-state index is 12.6. The highest BCUT2D eigenvalue weighted by molar-refractivity contribution is 5.66. The van der Waals surface area contributed by atoms with E-state index in [1.165, 1.54) is 170 Å². The molecular weight excluding hydrogens is 839 g/mol. The molecule has 0 spiro atoms. The molecule has 396 valence electrons. The molecule has 0 radical (unpaired) electrons. The smallest absolute Gasteiger partial charge is 0.290 e. The van der Waals surface area contributed by atoms with Crippen molar-refractivity contribution in [3.05, 3.63) is 20.7 Å². The minimum Gasteiger partial charge on any atom is -0.382 e. The maximum Gasteiger partial charge on any atom is 0.290 e. The quantitative estimate of drug-likeness (QED) is 0.0486. The second kappa shape index (κ2) is 51.4. The van der Waals surface area contributed by atoms with Gasteiger partial charge in [0.05, 0.1) is 12.2 Å². The number of carbonyl (C=O) groups is 2. The number of hydrogen-bond acceptors (Lipinski definition) is 9. The number of ether oxygens (including phenoxy) is 2. The molecule has 1 unspecified atom stereocenters. The van der Waals surface area contributed by atoms with Crippen LogP contribution in [0.5, 0.6) is 0 Å². The van der Waals surface area contributed by atoms with Gasteiger partial charge in [-0.25, -0.2) is 9.36 Å². The molecule has 1 heterocycles. The summed E-state index contributed by atoms with van der Waals surface area (Å²) >= 11 is 0. The first kappa shape index (κ1) is 66.6. The molecular formula is C56H111N5O6. The number of anilines is 2. The van der Waals surface area contributed by atoms with E-state index in [1.807, 2.05) is 14.2 Å². The summed E-state index contributed by atoms with van der Waals surface area (Å²) in [7, 11) is 8.54. The SMILES string of the molecule is CCCCCCCCC(CC)OC.CCCCCCCCC(CCCCCCCC)OC.CNc1c(NCCCN(CCCCCCCC=O)CCCCCCCC=O)c(=O)n(C)n(C)c1=O. The summed E-state index contributed by atoms with van der Waals surface area (Å²) in [5, 5.41) is 6.07. The maximum atomic E-state index is 12.6. The number of aldehydes is 2. The first-order chi connectivity index (χ1) is 32.7. The molecule has 0 aromatic carbocycles. The van der Waals surface area contributed by atoms with Gasteiger partial charge in [0.25, 0.3) is 11.1 Å². The lowest BCUT2D eigenvalue weighted by molar-refractivity contribution is -0.108. The monoisotopic (exact) mass is 950 g/mol. The molecule has 1 atom stereocenters. The summed E-state index contributed by atoms with van der Waals surface area (Å²) in [6.45, 7) is 12.7. The molecule has 67 heavy (non-hydrogen) atoms. The lowest BCUT2D eigenvalue weighted by Gasteiger charge is -2.23. The molecule has 1 aromatic heterocycles. The van der Waals surface area contributed by atoms with Crippen LogP contribution in [-0.4, -0.2) is 86.5 Å². The molecule has 1 rings (SSSR count). The molecule has 0 amide bonds. The third-order valence-electron chi connectivity index (χ3n) is 13.3. The fourth-order valence-electron chi connectivity index (χ4n) is 8.57. The average molecular weight is 951 g/mol. The van der Waals surface area contributed by atoms with Crippen LogP contribution in [0.2, 0.25) is 0 Å². The third kappa shape index (κ3) is 39.0. The zero-order valence-electron chi connectivity index (χ0n) is 45.7. The van der Waals surface area contributed by atoms with Crippen molar-refractivity contribution in [2.75, 3.05) is 58.1 Å². The largest absolute Gasteiger partial charge is 0.382 e.